The van der Waals surface area contributed by atoms with Crippen LogP contribution >= 0.6 is 11.8 Å². The Morgan fingerprint density at radius 3 is 2.73 bits per heavy atom. The Bertz CT molecular complexity index is 1350. The maximum Gasteiger partial charge on any atom is 0.256 e. The van der Waals surface area contributed by atoms with E-state index in [1.807, 2.05) is 22.7 Å². The van der Waals surface area contributed by atoms with E-state index in [2.05, 4.69) is 26.0 Å². The highest BCUT2D eigenvalue weighted by Gasteiger charge is 2.58. The van der Waals surface area contributed by atoms with Crippen LogP contribution in [-0.4, -0.2) is 52.6 Å². The van der Waals surface area contributed by atoms with E-state index in [1.54, 1.807) is 17.0 Å². The van der Waals surface area contributed by atoms with Crippen LogP contribution < -0.4 is 0 Å². The molecule has 2 saturated carbocycles. The molecule has 3 fully saturated rings. The third-order valence-corrected chi connectivity index (χ3v) is 10.3. The van der Waals surface area contributed by atoms with Crippen LogP contribution in [0.3, 0.4) is 0 Å². The number of aliphatic imine (C=N–C) groups is 1. The van der Waals surface area contributed by atoms with Crippen molar-refractivity contribution in [3.05, 3.63) is 62.7 Å². The lowest BCUT2D eigenvalue weighted by Crippen LogP contribution is -2.41. The van der Waals surface area contributed by atoms with Gasteiger partial charge in [-0.2, -0.15) is 0 Å². The number of carbonyl (C=O) groups is 2. The Kier molecular flexibility index (Phi) is 5.33. The normalized spacial score (nSPS) is 28.1. The average Bonchev–Trinajstić information content (AvgIpc) is 3.80. The molecule has 37 heavy (non-hydrogen) atoms. The molecule has 192 valence electrons. The van der Waals surface area contributed by atoms with Crippen LogP contribution in [0.25, 0.3) is 5.57 Å². The van der Waals surface area contributed by atoms with Crippen molar-refractivity contribution in [3.63, 3.8) is 0 Å². The van der Waals surface area contributed by atoms with Crippen LogP contribution in [-0.2, 0) is 9.59 Å². The number of amides is 2. The number of hydrogen-bond donors (Lipinski definition) is 0. The predicted molar refractivity (Wildman–Crippen MR) is 144 cm³/mol. The summed E-state index contributed by atoms with van der Waals surface area (Å²) in [5, 5.41) is 0. The summed E-state index contributed by atoms with van der Waals surface area (Å²) in [6.07, 6.45) is 9.53. The highest BCUT2D eigenvalue weighted by atomic mass is 32.2. The van der Waals surface area contributed by atoms with Crippen molar-refractivity contribution in [3.8, 4) is 0 Å². The summed E-state index contributed by atoms with van der Waals surface area (Å²) in [6.45, 7) is 6.30. The van der Waals surface area contributed by atoms with Crippen molar-refractivity contribution < 1.29 is 14.0 Å². The van der Waals surface area contributed by atoms with Gasteiger partial charge in [-0.3, -0.25) is 19.5 Å². The van der Waals surface area contributed by atoms with E-state index < -0.39 is 5.54 Å². The van der Waals surface area contributed by atoms with Crippen LogP contribution in [0.5, 0.6) is 0 Å². The van der Waals surface area contributed by atoms with Crippen LogP contribution in [0.1, 0.15) is 63.5 Å². The zero-order valence-corrected chi connectivity index (χ0v) is 22.2. The Morgan fingerprint density at radius 1 is 1.19 bits per heavy atom. The van der Waals surface area contributed by atoms with Gasteiger partial charge >= 0.3 is 0 Å². The van der Waals surface area contributed by atoms with Crippen molar-refractivity contribution in [2.45, 2.75) is 57.9 Å². The number of allylic oxidation sites excluding steroid dienone is 6. The van der Waals surface area contributed by atoms with Crippen molar-refractivity contribution in [2.75, 3.05) is 19.6 Å². The maximum atomic E-state index is 15.7. The van der Waals surface area contributed by atoms with Gasteiger partial charge in [0.2, 0.25) is 5.91 Å². The summed E-state index contributed by atoms with van der Waals surface area (Å²) in [6, 6.07) is 5.40. The molecular weight excluding hydrogens is 485 g/mol. The summed E-state index contributed by atoms with van der Waals surface area (Å²) in [5.74, 6) is 1.22. The average molecular weight is 518 g/mol. The number of fused-ring (bicyclic) bond motifs is 1. The van der Waals surface area contributed by atoms with E-state index in [-0.39, 0.29) is 29.5 Å². The number of rotatable bonds is 5. The van der Waals surface area contributed by atoms with Gasteiger partial charge in [0, 0.05) is 31.5 Å². The van der Waals surface area contributed by atoms with Crippen LogP contribution in [0.2, 0.25) is 0 Å². The maximum absolute atomic E-state index is 15.7. The largest absolute Gasteiger partial charge is 0.342 e. The molecular formula is C30H32FN3O2S. The number of nitrogens with zero attached hydrogens (tertiary/aromatic N) is 3. The standard InChI is InChI=1S/C30H32FN3O2S/c1-17-18(2)37-26-8-6-21(13-24(17)26)22-5-7-23(25(31)14-22)27-32-30(10-11-30)29(36)34(27)16-19-9-12-33(15-19)28(35)20-3-4-20/h5-8,14,19-20,24H,3-4,9-13,15-16H2,1-2H3/t19-,24?/m1/s1. The molecule has 7 rings (SSSR count). The summed E-state index contributed by atoms with van der Waals surface area (Å²) >= 11 is 1.85. The van der Waals surface area contributed by atoms with E-state index in [4.69, 9.17) is 4.99 Å². The van der Waals surface area contributed by atoms with E-state index in [1.165, 1.54) is 15.4 Å². The van der Waals surface area contributed by atoms with Crippen molar-refractivity contribution in [1.29, 1.82) is 0 Å². The van der Waals surface area contributed by atoms with Crippen molar-refractivity contribution in [1.82, 2.24) is 9.80 Å². The highest BCUT2D eigenvalue weighted by molar-refractivity contribution is 8.07. The Balaban J connectivity index is 1.12. The molecule has 2 amide bonds. The van der Waals surface area contributed by atoms with Crippen LogP contribution in [0.15, 0.2) is 50.7 Å². The topological polar surface area (TPSA) is 53.0 Å². The number of amidine groups is 1. The minimum Gasteiger partial charge on any atom is -0.342 e. The van der Waals surface area contributed by atoms with Gasteiger partial charge in [0.15, 0.2) is 0 Å². The highest BCUT2D eigenvalue weighted by Crippen LogP contribution is 2.51. The van der Waals surface area contributed by atoms with Crippen molar-refractivity contribution >= 4 is 35.0 Å². The Morgan fingerprint density at radius 2 is 2.00 bits per heavy atom. The molecule has 1 spiro atoms. The molecule has 6 aliphatic rings. The number of carbonyl (C=O) groups excluding carboxylic acids is 2. The first-order valence-corrected chi connectivity index (χ1v) is 14.4. The van der Waals surface area contributed by atoms with Gasteiger partial charge in [-0.1, -0.05) is 35.6 Å². The van der Waals surface area contributed by atoms with Gasteiger partial charge in [0.25, 0.3) is 5.91 Å². The molecule has 0 bridgehead atoms. The van der Waals surface area contributed by atoms with E-state index >= 15 is 4.39 Å². The molecule has 0 aromatic heterocycles. The number of hydrogen-bond acceptors (Lipinski definition) is 4. The van der Waals surface area contributed by atoms with Gasteiger partial charge in [0.05, 0.1) is 5.56 Å². The van der Waals surface area contributed by atoms with Gasteiger partial charge < -0.3 is 4.90 Å². The first-order chi connectivity index (χ1) is 17.8. The minimum absolute atomic E-state index is 0.00182. The third kappa shape index (κ3) is 3.92. The number of likely N-dealkylation sites (tertiary alicyclic amines) is 1. The lowest BCUT2D eigenvalue weighted by atomic mass is 9.85. The lowest BCUT2D eigenvalue weighted by Gasteiger charge is -2.24. The molecule has 5 nitrogen and oxygen atoms in total. The monoisotopic (exact) mass is 517 g/mol. The summed E-state index contributed by atoms with van der Waals surface area (Å²) in [7, 11) is 0. The minimum atomic E-state index is -0.683. The number of halogens is 1. The SMILES string of the molecule is CC1=C(C)C2CC(c3ccc(C4=NC5(CC5)C(=O)N4C[C@@H]4CCN(C(=O)C5CC5)C4)c(F)c3)=CC=C2S1. The molecule has 1 unspecified atom stereocenters. The second-order valence-corrected chi connectivity index (χ2v) is 12.9. The second kappa shape index (κ2) is 8.42. The van der Waals surface area contributed by atoms with Gasteiger partial charge in [-0.05, 0) is 91.4 Å². The number of thioether (sulfide) groups is 1. The van der Waals surface area contributed by atoms with Gasteiger partial charge in [-0.15, -0.1) is 0 Å². The first-order valence-electron chi connectivity index (χ1n) is 13.6. The zero-order valence-electron chi connectivity index (χ0n) is 21.4. The molecule has 1 aromatic carbocycles. The van der Waals surface area contributed by atoms with Gasteiger partial charge in [-0.25, -0.2) is 4.39 Å². The fraction of sp³-hybridized carbons (Fsp3) is 0.500. The summed E-state index contributed by atoms with van der Waals surface area (Å²) < 4.78 is 15.7. The van der Waals surface area contributed by atoms with Gasteiger partial charge in [0.1, 0.15) is 17.2 Å². The summed E-state index contributed by atoms with van der Waals surface area (Å²) in [5.41, 5.74) is 3.16. The second-order valence-electron chi connectivity index (χ2n) is 11.6. The Labute approximate surface area is 221 Å². The first kappa shape index (κ1) is 23.4. The smallest absolute Gasteiger partial charge is 0.256 e. The van der Waals surface area contributed by atoms with Crippen LogP contribution in [0, 0.1) is 23.6 Å². The molecule has 1 aromatic rings. The molecule has 3 aliphatic carbocycles. The third-order valence-electron chi connectivity index (χ3n) is 9.05. The van der Waals surface area contributed by atoms with Crippen molar-refractivity contribution in [2.24, 2.45) is 22.7 Å². The fourth-order valence-electron chi connectivity index (χ4n) is 6.28. The van der Waals surface area contributed by atoms with E-state index in [0.29, 0.717) is 30.4 Å². The molecule has 7 heteroatoms. The Hall–Kier alpha value is -2.67. The predicted octanol–water partition coefficient (Wildman–Crippen LogP) is 5.53. The fourth-order valence-corrected chi connectivity index (χ4v) is 7.47. The number of benzene rings is 1. The quantitative estimate of drug-likeness (QED) is 0.516. The molecule has 1 saturated heterocycles. The molecule has 3 heterocycles. The molecule has 2 atom stereocenters. The van der Waals surface area contributed by atoms with Crippen LogP contribution in [0.4, 0.5) is 4.39 Å². The van der Waals surface area contributed by atoms with E-state index in [0.717, 1.165) is 56.2 Å². The summed E-state index contributed by atoms with van der Waals surface area (Å²) in [4.78, 5) is 37.1. The zero-order chi connectivity index (χ0) is 25.5. The molecule has 3 aliphatic heterocycles. The molecule has 0 radical (unpaired) electrons. The van der Waals surface area contributed by atoms with E-state index in [9.17, 15) is 9.59 Å². The molecule has 0 N–H and O–H groups in total. The lowest BCUT2D eigenvalue weighted by molar-refractivity contribution is -0.131.